The predicted octanol–water partition coefficient (Wildman–Crippen LogP) is 4.52. The van der Waals surface area contributed by atoms with Crippen LogP contribution in [0.3, 0.4) is 0 Å². The van der Waals surface area contributed by atoms with Crippen molar-refractivity contribution in [3.05, 3.63) is 52.7 Å². The van der Waals surface area contributed by atoms with Gasteiger partial charge in [-0.05, 0) is 36.8 Å². The molecular weight excluding hydrogens is 411 g/mol. The SMILES string of the molecule is CCC(=O)Nc1cc(C(=O)NC(C)c2ccc(OCC(F)(F)F)c(Cl)c2)ccn1. The fourth-order valence-corrected chi connectivity index (χ4v) is 2.54. The minimum Gasteiger partial charge on any atom is -0.483 e. The lowest BCUT2D eigenvalue weighted by Gasteiger charge is -2.17. The van der Waals surface area contributed by atoms with E-state index in [2.05, 4.69) is 20.4 Å². The smallest absolute Gasteiger partial charge is 0.422 e. The van der Waals surface area contributed by atoms with Gasteiger partial charge in [0.25, 0.3) is 5.91 Å². The molecule has 1 unspecified atom stereocenters. The van der Waals surface area contributed by atoms with Crippen LogP contribution in [0.1, 0.15) is 42.2 Å². The maximum atomic E-state index is 12.5. The van der Waals surface area contributed by atoms with Gasteiger partial charge in [-0.15, -0.1) is 0 Å². The Morgan fingerprint density at radius 1 is 1.24 bits per heavy atom. The van der Waals surface area contributed by atoms with Gasteiger partial charge < -0.3 is 15.4 Å². The van der Waals surface area contributed by atoms with E-state index < -0.39 is 24.7 Å². The Hall–Kier alpha value is -2.81. The summed E-state index contributed by atoms with van der Waals surface area (Å²) < 4.78 is 41.4. The molecule has 0 saturated carbocycles. The van der Waals surface area contributed by atoms with Crippen molar-refractivity contribution in [3.63, 3.8) is 0 Å². The zero-order valence-corrected chi connectivity index (χ0v) is 16.4. The standard InChI is InChI=1S/C19H19ClF3N3O3/c1-3-17(27)26-16-9-13(6-7-24-16)18(28)25-11(2)12-4-5-15(14(20)8-12)29-10-19(21,22)23/h4-9,11H,3,10H2,1-2H3,(H,25,28)(H,24,26,27). The van der Waals surface area contributed by atoms with Gasteiger partial charge in [-0.25, -0.2) is 4.98 Å². The number of ether oxygens (including phenoxy) is 1. The summed E-state index contributed by atoms with van der Waals surface area (Å²) in [6, 6.07) is 6.70. The molecule has 0 radical (unpaired) electrons. The monoisotopic (exact) mass is 429 g/mol. The van der Waals surface area contributed by atoms with Crippen molar-refractivity contribution in [2.24, 2.45) is 0 Å². The van der Waals surface area contributed by atoms with E-state index in [1.54, 1.807) is 13.8 Å². The van der Waals surface area contributed by atoms with Crippen LogP contribution in [0.25, 0.3) is 0 Å². The van der Waals surface area contributed by atoms with Gasteiger partial charge in [0.05, 0.1) is 11.1 Å². The maximum absolute atomic E-state index is 12.5. The first-order valence-corrected chi connectivity index (χ1v) is 9.02. The van der Waals surface area contributed by atoms with Crippen molar-refractivity contribution in [1.29, 1.82) is 0 Å². The molecule has 2 N–H and O–H groups in total. The molecule has 6 nitrogen and oxygen atoms in total. The number of pyridine rings is 1. The third kappa shape index (κ3) is 6.94. The number of carbonyl (C=O) groups excluding carboxylic acids is 2. The molecule has 10 heteroatoms. The quantitative estimate of drug-likeness (QED) is 0.678. The predicted molar refractivity (Wildman–Crippen MR) is 102 cm³/mol. The molecular formula is C19H19ClF3N3O3. The molecule has 0 bridgehead atoms. The fraction of sp³-hybridized carbons (Fsp3) is 0.316. The van der Waals surface area contributed by atoms with Crippen molar-refractivity contribution >= 4 is 29.2 Å². The van der Waals surface area contributed by atoms with Crippen LogP contribution in [0, 0.1) is 0 Å². The molecule has 1 heterocycles. The van der Waals surface area contributed by atoms with E-state index in [0.717, 1.165) is 0 Å². The van der Waals surface area contributed by atoms with E-state index in [9.17, 15) is 22.8 Å². The van der Waals surface area contributed by atoms with Crippen LogP contribution in [0.5, 0.6) is 5.75 Å². The largest absolute Gasteiger partial charge is 0.483 e. The first-order chi connectivity index (χ1) is 13.6. The molecule has 2 amide bonds. The van der Waals surface area contributed by atoms with E-state index in [0.29, 0.717) is 5.56 Å². The summed E-state index contributed by atoms with van der Waals surface area (Å²) in [7, 11) is 0. The molecule has 1 aromatic carbocycles. The van der Waals surface area contributed by atoms with Crippen molar-refractivity contribution in [1.82, 2.24) is 10.3 Å². The molecule has 156 valence electrons. The van der Waals surface area contributed by atoms with Gasteiger partial charge in [0.1, 0.15) is 11.6 Å². The molecule has 0 aliphatic carbocycles. The molecule has 0 fully saturated rings. The van der Waals surface area contributed by atoms with E-state index in [-0.39, 0.29) is 34.5 Å². The average Bonchev–Trinajstić information content (AvgIpc) is 2.66. The summed E-state index contributed by atoms with van der Waals surface area (Å²) >= 11 is 5.99. The molecule has 0 aliphatic rings. The third-order valence-electron chi connectivity index (χ3n) is 3.81. The topological polar surface area (TPSA) is 80.3 Å². The Morgan fingerprint density at radius 2 is 1.97 bits per heavy atom. The first-order valence-electron chi connectivity index (χ1n) is 8.65. The maximum Gasteiger partial charge on any atom is 0.422 e. The zero-order valence-electron chi connectivity index (χ0n) is 15.6. The number of hydrogen-bond donors (Lipinski definition) is 2. The second kappa shape index (κ2) is 9.60. The van der Waals surface area contributed by atoms with Crippen LogP contribution in [-0.2, 0) is 4.79 Å². The Labute approximate surface area is 170 Å². The normalized spacial score (nSPS) is 12.2. The van der Waals surface area contributed by atoms with Crippen molar-refractivity contribution in [2.75, 3.05) is 11.9 Å². The van der Waals surface area contributed by atoms with Crippen molar-refractivity contribution in [3.8, 4) is 5.75 Å². The molecule has 0 saturated heterocycles. The highest BCUT2D eigenvalue weighted by atomic mass is 35.5. The van der Waals surface area contributed by atoms with E-state index in [1.165, 1.54) is 36.5 Å². The average molecular weight is 430 g/mol. The van der Waals surface area contributed by atoms with Crippen LogP contribution >= 0.6 is 11.6 Å². The summed E-state index contributed by atoms with van der Waals surface area (Å²) in [4.78, 5) is 27.9. The van der Waals surface area contributed by atoms with Gasteiger partial charge in [-0.3, -0.25) is 9.59 Å². The molecule has 2 rings (SSSR count). The summed E-state index contributed by atoms with van der Waals surface area (Å²) in [6.45, 7) is 1.94. The minimum absolute atomic E-state index is 0.00123. The van der Waals surface area contributed by atoms with E-state index in [4.69, 9.17) is 11.6 Å². The van der Waals surface area contributed by atoms with Crippen LogP contribution in [0.15, 0.2) is 36.5 Å². The molecule has 2 aromatic rings. The fourth-order valence-electron chi connectivity index (χ4n) is 2.30. The molecule has 0 spiro atoms. The Kier molecular flexibility index (Phi) is 7.44. The van der Waals surface area contributed by atoms with Gasteiger partial charge >= 0.3 is 6.18 Å². The number of carbonyl (C=O) groups is 2. The number of hydrogen-bond acceptors (Lipinski definition) is 4. The molecule has 1 atom stereocenters. The molecule has 29 heavy (non-hydrogen) atoms. The van der Waals surface area contributed by atoms with Gasteiger partial charge in [0.15, 0.2) is 6.61 Å². The van der Waals surface area contributed by atoms with Gasteiger partial charge in [-0.2, -0.15) is 13.2 Å². The lowest BCUT2D eigenvalue weighted by molar-refractivity contribution is -0.153. The number of benzene rings is 1. The Morgan fingerprint density at radius 3 is 2.59 bits per heavy atom. The Balaban J connectivity index is 2.05. The van der Waals surface area contributed by atoms with E-state index in [1.807, 2.05) is 0 Å². The molecule has 0 aliphatic heterocycles. The van der Waals surface area contributed by atoms with E-state index >= 15 is 0 Å². The highest BCUT2D eigenvalue weighted by Gasteiger charge is 2.28. The summed E-state index contributed by atoms with van der Waals surface area (Å²) in [5.74, 6) is -0.491. The van der Waals surface area contributed by atoms with Crippen LogP contribution in [-0.4, -0.2) is 29.6 Å². The summed E-state index contributed by atoms with van der Waals surface area (Å²) in [5.41, 5.74) is 0.866. The van der Waals surface area contributed by atoms with Crippen molar-refractivity contribution in [2.45, 2.75) is 32.5 Å². The number of alkyl halides is 3. The van der Waals surface area contributed by atoms with Crippen LogP contribution in [0.4, 0.5) is 19.0 Å². The second-order valence-corrected chi connectivity index (χ2v) is 6.53. The summed E-state index contributed by atoms with van der Waals surface area (Å²) in [5, 5.41) is 5.32. The number of rotatable bonds is 7. The Bertz CT molecular complexity index is 890. The lowest BCUT2D eigenvalue weighted by atomic mass is 10.1. The second-order valence-electron chi connectivity index (χ2n) is 6.12. The van der Waals surface area contributed by atoms with Gasteiger partial charge in [0, 0.05) is 18.2 Å². The highest BCUT2D eigenvalue weighted by Crippen LogP contribution is 2.29. The summed E-state index contributed by atoms with van der Waals surface area (Å²) in [6.07, 6.45) is -2.80. The van der Waals surface area contributed by atoms with Crippen molar-refractivity contribution < 1.29 is 27.5 Å². The van der Waals surface area contributed by atoms with Crippen LogP contribution in [0.2, 0.25) is 5.02 Å². The number of nitrogens with one attached hydrogen (secondary N) is 2. The third-order valence-corrected chi connectivity index (χ3v) is 4.10. The zero-order chi connectivity index (χ0) is 21.6. The first kappa shape index (κ1) is 22.5. The number of nitrogens with zero attached hydrogens (tertiary/aromatic N) is 1. The number of aromatic nitrogens is 1. The van der Waals surface area contributed by atoms with Gasteiger partial charge in [0.2, 0.25) is 5.91 Å². The minimum atomic E-state index is -4.47. The number of anilines is 1. The van der Waals surface area contributed by atoms with Crippen LogP contribution < -0.4 is 15.4 Å². The number of amides is 2. The highest BCUT2D eigenvalue weighted by molar-refractivity contribution is 6.32. The number of halogens is 4. The lowest BCUT2D eigenvalue weighted by Crippen LogP contribution is -2.27. The molecule has 1 aromatic heterocycles. The van der Waals surface area contributed by atoms with Gasteiger partial charge in [-0.1, -0.05) is 24.6 Å².